The highest BCUT2D eigenvalue weighted by atomic mass is 15.1. The summed E-state index contributed by atoms with van der Waals surface area (Å²) in [6.07, 6.45) is 46.2. The number of rotatable bonds is 31. The lowest BCUT2D eigenvalue weighted by Crippen LogP contribution is -2.42. The Balaban J connectivity index is 1.68. The van der Waals surface area contributed by atoms with Gasteiger partial charge in [-0.05, 0) is 31.2 Å². The monoisotopic (exact) mass is 594 g/mol. The minimum atomic E-state index is 0.604. The zero-order valence-electron chi connectivity index (χ0n) is 29.0. The van der Waals surface area contributed by atoms with Gasteiger partial charge in [0.25, 0.3) is 0 Å². The van der Waals surface area contributed by atoms with Gasteiger partial charge >= 0.3 is 0 Å². The Morgan fingerprint density at radius 1 is 0.512 bits per heavy atom. The summed E-state index contributed by atoms with van der Waals surface area (Å²) in [5, 5.41) is 0. The first kappa shape index (κ1) is 37.6. The summed E-state index contributed by atoms with van der Waals surface area (Å²) in [5.74, 6) is 0.712. The van der Waals surface area contributed by atoms with Crippen LogP contribution >= 0.6 is 0 Å². The number of imidazole rings is 1. The smallest absolute Gasteiger partial charge is 0.241 e. The first-order valence-corrected chi connectivity index (χ1v) is 19.4. The molecule has 1 N–H and O–H groups in total. The molecule has 0 radical (unpaired) electrons. The fourth-order valence-corrected chi connectivity index (χ4v) is 7.10. The molecule has 0 bridgehead atoms. The van der Waals surface area contributed by atoms with Crippen LogP contribution in [0.4, 0.5) is 0 Å². The Labute approximate surface area is 269 Å². The molecule has 2 nitrogen and oxygen atoms in total. The van der Waals surface area contributed by atoms with E-state index < -0.39 is 0 Å². The van der Waals surface area contributed by atoms with Gasteiger partial charge in [-0.1, -0.05) is 198 Å². The van der Waals surface area contributed by atoms with Gasteiger partial charge in [-0.15, -0.1) is 0 Å². The molecule has 0 aliphatic carbocycles. The summed E-state index contributed by atoms with van der Waals surface area (Å²) in [7, 11) is 0. The highest BCUT2D eigenvalue weighted by molar-refractivity contribution is 5.15. The average molecular weight is 594 g/mol. The van der Waals surface area contributed by atoms with Crippen molar-refractivity contribution in [2.75, 3.05) is 0 Å². The highest BCUT2D eigenvalue weighted by Crippen LogP contribution is 2.29. The van der Waals surface area contributed by atoms with E-state index >= 15 is 0 Å². The topological polar surface area (TPSA) is 19.7 Å². The molecule has 246 valence electrons. The van der Waals surface area contributed by atoms with Crippen LogP contribution < -0.4 is 4.57 Å². The first-order chi connectivity index (χ1) is 21.3. The van der Waals surface area contributed by atoms with Crippen LogP contribution in [0.1, 0.15) is 199 Å². The summed E-state index contributed by atoms with van der Waals surface area (Å²) in [5.41, 5.74) is 1.51. The number of hydrogen-bond acceptors (Lipinski definition) is 0. The lowest BCUT2D eigenvalue weighted by Gasteiger charge is -2.25. The van der Waals surface area contributed by atoms with Crippen LogP contribution in [-0.2, 0) is 6.42 Å². The Morgan fingerprint density at radius 2 is 0.930 bits per heavy atom. The highest BCUT2D eigenvalue weighted by Gasteiger charge is 2.26. The fourth-order valence-electron chi connectivity index (χ4n) is 7.10. The van der Waals surface area contributed by atoms with E-state index in [2.05, 4.69) is 72.5 Å². The molecule has 0 saturated heterocycles. The molecule has 0 spiro atoms. The SMILES string of the molecule is CCCCCCCCCCCCCCCCCC(C(CCCCCCCCCCCC)Cc1ccccc1)[n+]1cc[nH]c1. The van der Waals surface area contributed by atoms with Crippen molar-refractivity contribution in [1.29, 1.82) is 0 Å². The van der Waals surface area contributed by atoms with Crippen molar-refractivity contribution < 1.29 is 4.57 Å². The number of aromatic nitrogens is 2. The number of H-pyrrole nitrogens is 1. The van der Waals surface area contributed by atoms with E-state index in [1.165, 1.54) is 185 Å². The number of benzene rings is 1. The summed E-state index contributed by atoms with van der Waals surface area (Å²) in [4.78, 5) is 3.35. The second-order valence-electron chi connectivity index (χ2n) is 13.8. The van der Waals surface area contributed by atoms with Crippen molar-refractivity contribution >= 4 is 0 Å². The maximum Gasteiger partial charge on any atom is 0.241 e. The number of hydrogen-bond donors (Lipinski definition) is 1. The van der Waals surface area contributed by atoms with Crippen LogP contribution in [0.2, 0.25) is 0 Å². The van der Waals surface area contributed by atoms with Crippen LogP contribution in [0.3, 0.4) is 0 Å². The van der Waals surface area contributed by atoms with E-state index in [0.717, 1.165) is 0 Å². The number of nitrogens with one attached hydrogen (secondary N) is 1. The summed E-state index contributed by atoms with van der Waals surface area (Å²) < 4.78 is 2.51. The number of nitrogens with zero attached hydrogens (tertiary/aromatic N) is 1. The lowest BCUT2D eigenvalue weighted by atomic mass is 9.84. The number of unbranched alkanes of at least 4 members (excludes halogenated alkanes) is 23. The maximum absolute atomic E-state index is 3.35. The first-order valence-electron chi connectivity index (χ1n) is 19.4. The van der Waals surface area contributed by atoms with E-state index in [-0.39, 0.29) is 0 Å². The van der Waals surface area contributed by atoms with E-state index in [9.17, 15) is 0 Å². The lowest BCUT2D eigenvalue weighted by molar-refractivity contribution is -0.730. The molecule has 0 aliphatic heterocycles. The molecular formula is C41H73N2+. The summed E-state index contributed by atoms with van der Waals surface area (Å²) in [6.45, 7) is 4.62. The van der Waals surface area contributed by atoms with Gasteiger partial charge in [-0.2, -0.15) is 0 Å². The Hall–Kier alpha value is -1.57. The molecule has 0 saturated carbocycles. The van der Waals surface area contributed by atoms with E-state index in [1.807, 2.05) is 0 Å². The second-order valence-corrected chi connectivity index (χ2v) is 13.8. The number of aromatic amines is 1. The molecule has 1 aromatic heterocycles. The van der Waals surface area contributed by atoms with Crippen LogP contribution in [0, 0.1) is 5.92 Å². The molecule has 2 heteroatoms. The fraction of sp³-hybridized carbons (Fsp3) is 0.780. The third-order valence-electron chi connectivity index (χ3n) is 9.87. The standard InChI is InChI=1S/C41H72N2/c1-3-5-7-9-11-13-15-16-17-18-19-21-23-25-30-34-41(43-36-35-42-38-43)40(37-39-31-27-26-28-32-39)33-29-24-22-20-14-12-10-8-6-4-2/h26-28,31-32,35-36,38,40-41H,3-25,29-30,33-34,37H2,1-2H3/p+1. The van der Waals surface area contributed by atoms with Crippen molar-refractivity contribution in [3.8, 4) is 0 Å². The maximum atomic E-state index is 3.35. The van der Waals surface area contributed by atoms with Gasteiger partial charge in [0.2, 0.25) is 6.33 Å². The van der Waals surface area contributed by atoms with E-state index in [4.69, 9.17) is 0 Å². The van der Waals surface area contributed by atoms with Crippen molar-refractivity contribution in [1.82, 2.24) is 4.98 Å². The van der Waals surface area contributed by atoms with Crippen molar-refractivity contribution in [2.24, 2.45) is 5.92 Å². The van der Waals surface area contributed by atoms with Crippen LogP contribution in [-0.4, -0.2) is 4.98 Å². The van der Waals surface area contributed by atoms with Gasteiger partial charge in [0.1, 0.15) is 18.4 Å². The van der Waals surface area contributed by atoms with Gasteiger partial charge < -0.3 is 0 Å². The molecule has 1 heterocycles. The molecule has 0 amide bonds. The van der Waals surface area contributed by atoms with Gasteiger partial charge in [-0.3, -0.25) is 4.98 Å². The molecule has 2 rings (SSSR count). The molecule has 2 unspecified atom stereocenters. The zero-order chi connectivity index (χ0) is 30.5. The largest absolute Gasteiger partial charge is 0.250 e. The van der Waals surface area contributed by atoms with Crippen molar-refractivity contribution in [3.63, 3.8) is 0 Å². The quantitative estimate of drug-likeness (QED) is 0.0662. The van der Waals surface area contributed by atoms with E-state index in [1.54, 1.807) is 0 Å². The minimum Gasteiger partial charge on any atom is -0.250 e. The second kappa shape index (κ2) is 27.9. The van der Waals surface area contributed by atoms with Gasteiger partial charge in [0, 0.05) is 5.92 Å². The van der Waals surface area contributed by atoms with Gasteiger partial charge in [0.15, 0.2) is 0 Å². The van der Waals surface area contributed by atoms with Crippen molar-refractivity contribution in [3.05, 3.63) is 54.6 Å². The Morgan fingerprint density at radius 3 is 1.35 bits per heavy atom. The Kier molecular flexibility index (Phi) is 24.4. The minimum absolute atomic E-state index is 0.604. The Bertz CT molecular complexity index is 798. The average Bonchev–Trinajstić information content (AvgIpc) is 3.57. The normalized spacial score (nSPS) is 13.0. The third-order valence-corrected chi connectivity index (χ3v) is 9.87. The summed E-state index contributed by atoms with van der Waals surface area (Å²) >= 11 is 0. The van der Waals surface area contributed by atoms with E-state index in [0.29, 0.717) is 12.0 Å². The predicted octanol–water partition coefficient (Wildman–Crippen LogP) is 13.3. The van der Waals surface area contributed by atoms with Crippen LogP contribution in [0.15, 0.2) is 49.1 Å². The zero-order valence-corrected chi connectivity index (χ0v) is 29.0. The predicted molar refractivity (Wildman–Crippen MR) is 190 cm³/mol. The third kappa shape index (κ3) is 20.2. The molecule has 0 aliphatic rings. The molecule has 43 heavy (non-hydrogen) atoms. The van der Waals surface area contributed by atoms with Gasteiger partial charge in [0.05, 0.1) is 0 Å². The van der Waals surface area contributed by atoms with Crippen molar-refractivity contribution in [2.45, 2.75) is 200 Å². The van der Waals surface area contributed by atoms with Gasteiger partial charge in [-0.25, -0.2) is 4.57 Å². The molecule has 2 atom stereocenters. The molecule has 2 aromatic rings. The molecule has 0 fully saturated rings. The summed E-state index contributed by atoms with van der Waals surface area (Å²) in [6, 6.07) is 11.9. The van der Waals surface area contributed by atoms with Crippen LogP contribution in [0.5, 0.6) is 0 Å². The van der Waals surface area contributed by atoms with Crippen LogP contribution in [0.25, 0.3) is 0 Å². The molecule has 1 aromatic carbocycles. The molecular weight excluding hydrogens is 520 g/mol.